The first-order chi connectivity index (χ1) is 52.2. The van der Waals surface area contributed by atoms with Gasteiger partial charge in [-0.25, -0.2) is 91.9 Å². The highest BCUT2D eigenvalue weighted by Crippen LogP contribution is 2.47. The van der Waals surface area contributed by atoms with Crippen molar-refractivity contribution in [3.63, 3.8) is 0 Å². The lowest BCUT2D eigenvalue weighted by molar-refractivity contribution is -0.140. The molecule has 6 atom stereocenters. The average Bonchev–Trinajstić information content (AvgIpc) is 1.65. The van der Waals surface area contributed by atoms with Gasteiger partial charge in [-0.15, -0.1) is 45.3 Å². The molecule has 8 aromatic rings. The second kappa shape index (κ2) is 33.0. The monoisotopic (exact) mass is 1680 g/mol. The predicted octanol–water partition coefficient (Wildman–Crippen LogP) is 10.4. The number of rotatable bonds is 20. The Balaban J connectivity index is 0.000000144. The number of nitrogens with zero attached hydrogens (tertiary/aromatic N) is 13. The van der Waals surface area contributed by atoms with Crippen LogP contribution in [0.15, 0.2) is 189 Å². The van der Waals surface area contributed by atoms with E-state index in [1.807, 2.05) is 0 Å². The number of ether oxygens (including phenoxy) is 3. The number of aryl methyl sites for hydroxylation is 1. The van der Waals surface area contributed by atoms with Gasteiger partial charge in [-0.1, -0.05) is 59.1 Å². The zero-order valence-corrected chi connectivity index (χ0v) is 65.5. The first-order valence-corrected chi connectivity index (χ1v) is 42.3. The molecule has 0 bridgehead atoms. The molecule has 5 aromatic heterocycles. The Kier molecular flexibility index (Phi) is 23.8. The minimum Gasteiger partial charge on any atom is -0.463 e. The summed E-state index contributed by atoms with van der Waals surface area (Å²) < 4.78 is 145. The van der Waals surface area contributed by atoms with Gasteiger partial charge in [-0.05, 0) is 57.2 Å². The summed E-state index contributed by atoms with van der Waals surface area (Å²) in [5, 5.41) is 13.0. The fraction of sp³-hybridized carbons (Fsp3) is 0.294. The highest BCUT2D eigenvalue weighted by molar-refractivity contribution is 8.04. The summed E-state index contributed by atoms with van der Waals surface area (Å²) in [5.41, 5.74) is 3.60. The smallest absolute Gasteiger partial charge is 0.338 e. The van der Waals surface area contributed by atoms with E-state index in [1.54, 1.807) is 88.7 Å². The van der Waals surface area contributed by atoms with Crippen molar-refractivity contribution in [1.82, 2.24) is 58.6 Å². The minimum atomic E-state index is -3.88. The number of esters is 3. The molecule has 7 aliphatic heterocycles. The molecule has 41 heteroatoms. The highest BCUT2D eigenvalue weighted by Gasteiger charge is 2.48. The molecule has 3 saturated heterocycles. The number of fused-ring (bicyclic) bond motifs is 3. The fourth-order valence-electron chi connectivity index (χ4n) is 13.0. The van der Waals surface area contributed by atoms with Crippen molar-refractivity contribution in [2.75, 3.05) is 39.5 Å². The van der Waals surface area contributed by atoms with Crippen LogP contribution in [-0.2, 0) is 65.7 Å². The number of nitrogens with one attached hydrogen (secondary N) is 3. The molecule has 7 aliphatic rings. The number of aliphatic imine (C=N–C) groups is 4. The van der Waals surface area contributed by atoms with E-state index in [0.717, 1.165) is 29.5 Å². The van der Waals surface area contributed by atoms with Crippen LogP contribution in [0.5, 0.6) is 0 Å². The lowest BCUT2D eigenvalue weighted by atomic mass is 9.94. The summed E-state index contributed by atoms with van der Waals surface area (Å²) in [6.07, 6.45) is 12.9. The van der Waals surface area contributed by atoms with Crippen LogP contribution in [0, 0.1) is 17.5 Å². The molecule has 0 amide bonds. The summed E-state index contributed by atoms with van der Waals surface area (Å²) in [5.74, 6) is -1.97. The van der Waals surface area contributed by atoms with Gasteiger partial charge in [0.25, 0.3) is 20.0 Å². The van der Waals surface area contributed by atoms with Gasteiger partial charge in [0.1, 0.15) is 40.5 Å². The van der Waals surface area contributed by atoms with Crippen molar-refractivity contribution in [1.29, 1.82) is 0 Å². The second-order valence-electron chi connectivity index (χ2n) is 24.5. The Morgan fingerprint density at radius 3 is 1.20 bits per heavy atom. The first kappa shape index (κ1) is 78.4. The molecule has 12 heterocycles. The van der Waals surface area contributed by atoms with Crippen LogP contribution in [0.2, 0.25) is 15.1 Å². The lowest BCUT2D eigenvalue weighted by Crippen LogP contribution is -2.41. The van der Waals surface area contributed by atoms with E-state index in [0.29, 0.717) is 66.3 Å². The van der Waals surface area contributed by atoms with Crippen LogP contribution >= 0.6 is 80.1 Å². The molecule has 15 rings (SSSR count). The minimum absolute atomic E-state index is 0.0317. The molecule has 570 valence electrons. The van der Waals surface area contributed by atoms with E-state index in [2.05, 4.69) is 44.2 Å². The molecule has 28 nitrogen and oxygen atoms in total. The summed E-state index contributed by atoms with van der Waals surface area (Å²) in [6, 6.07) is 7.29. The van der Waals surface area contributed by atoms with Crippen LogP contribution in [-0.4, -0.2) is 168 Å². The van der Waals surface area contributed by atoms with E-state index >= 15 is 0 Å². The molecule has 3 fully saturated rings. The molecular weight excluding hydrogens is 1620 g/mol. The van der Waals surface area contributed by atoms with Gasteiger partial charge in [0.15, 0.2) is 37.6 Å². The average molecular weight is 1680 g/mol. The molecule has 3 aromatic carbocycles. The number of carbonyl (C=O) groups excluding carboxylic acids is 3. The van der Waals surface area contributed by atoms with Gasteiger partial charge < -0.3 is 28.9 Å². The van der Waals surface area contributed by atoms with Gasteiger partial charge >= 0.3 is 17.9 Å². The van der Waals surface area contributed by atoms with Crippen LogP contribution in [0.3, 0.4) is 0 Å². The number of amidine groups is 3. The predicted molar refractivity (Wildman–Crippen MR) is 404 cm³/mol. The largest absolute Gasteiger partial charge is 0.463 e. The third-order valence-corrected chi connectivity index (χ3v) is 26.5. The van der Waals surface area contributed by atoms with E-state index in [9.17, 15) is 52.8 Å². The maximum Gasteiger partial charge on any atom is 0.338 e. The Morgan fingerprint density at radius 1 is 0.523 bits per heavy atom. The number of benzene rings is 3. The molecule has 0 aliphatic carbocycles. The van der Waals surface area contributed by atoms with Crippen molar-refractivity contribution in [3.8, 4) is 0 Å². The van der Waals surface area contributed by atoms with Gasteiger partial charge in [0.05, 0.1) is 42.7 Å². The zero-order chi connectivity index (χ0) is 77.2. The number of hydrogen-bond acceptors (Lipinski definition) is 28. The van der Waals surface area contributed by atoms with Gasteiger partial charge in [-0.2, -0.15) is 5.10 Å². The van der Waals surface area contributed by atoms with Gasteiger partial charge in [0, 0.05) is 178 Å². The molecule has 0 radical (unpaired) electrons. The molecule has 0 saturated carbocycles. The quantitative estimate of drug-likeness (QED) is 0.0471. The van der Waals surface area contributed by atoms with Gasteiger partial charge in [-0.3, -0.25) is 19.7 Å². The Bertz CT molecular complexity index is 5470. The van der Waals surface area contributed by atoms with Gasteiger partial charge in [0.2, 0.25) is 14.4 Å². The SMILES string of the molecule is CCOC(=O)C1=C2C[C@H](NS(=O)(=O)C3=NC=CC3)CN2C(c2nccs2)=N[C@H]1c1ccc(F)cc1Cl.CCOC(=O)C1=C2C[C@H](NS(=O)(=O)c3cnn(C)c3)CN2C(c2nccs2)=N[C@H]1c1ccc(F)cc1Cl.CCOC(=O)C1=C2C[C@H](NS(=O)(=O)c3nccs3)CN2C(c2nccs2)=N[C@H]1c1ccc(F)cc1Cl. The number of sulfonamides is 3. The number of carbonyl (C=O) groups is 3. The number of hydrogen-bond donors (Lipinski definition) is 3. The van der Waals surface area contributed by atoms with Crippen molar-refractivity contribution >= 4 is 151 Å². The number of thiazole rings is 4. The standard InChI is InChI=1S/C23H22ClFN6O4S2.C23H21ClFN5O4S2.C22H19ClFN5O4S3/c1-3-35-23(32)19-18-9-14(29-37(33,34)15-10-27-30(2)12-15)11-31(18)21(22-26-6-7-36-22)28-20(19)16-5-4-13(25)8-17(16)24;1-2-34-23(31)19-17-11-14(29-36(32,33)18-4-3-7-26-18)12-30(17)21(22-27-8-9-35-22)28-20(19)15-6-5-13(25)10-16(15)24;1-2-33-21(30)17-16-10-13(28-36(31,32)22-26-6-8-35-22)11-29(16)19(20-25-5-7-34-20)27-18(17)14-4-3-12(24)9-15(14)23/h4-8,10,12,14,20,29H,3,9,11H2,1-2H3;3,5-10,14,20,29H,2,4,11-12H2,1H3;3-9,13,18,28H,2,10-11H2,1H3/t2*14-,20-;13-,18-/m000/s1. The van der Waals surface area contributed by atoms with Crippen LogP contribution in [0.4, 0.5) is 13.2 Å². The topological polar surface area (TPSA) is 346 Å². The zero-order valence-electron chi connectivity index (χ0n) is 57.5. The number of aromatic nitrogens is 6. The normalized spacial score (nSPS) is 20.3. The third-order valence-electron chi connectivity index (χ3n) is 17.4. The van der Waals surface area contributed by atoms with Crippen molar-refractivity contribution < 1.29 is 67.0 Å². The van der Waals surface area contributed by atoms with Crippen LogP contribution in [0.25, 0.3) is 0 Å². The summed E-state index contributed by atoms with van der Waals surface area (Å²) >= 11 is 24.3. The lowest BCUT2D eigenvalue weighted by Gasteiger charge is -2.31. The van der Waals surface area contributed by atoms with E-state index in [-0.39, 0.29) is 111 Å². The Labute approximate surface area is 653 Å². The number of allylic oxidation sites excluding steroid dienone is 1. The summed E-state index contributed by atoms with van der Waals surface area (Å²) in [4.78, 5) is 80.6. The Morgan fingerprint density at radius 2 is 0.890 bits per heavy atom. The molecule has 109 heavy (non-hydrogen) atoms. The molecule has 3 N–H and O–H groups in total. The fourth-order valence-corrected chi connectivity index (χ4v) is 20.3. The number of halogens is 6. The third kappa shape index (κ3) is 16.8. The second-order valence-corrected chi connectivity index (χ2v) is 34.6. The van der Waals surface area contributed by atoms with Crippen molar-refractivity contribution in [2.45, 2.75) is 91.9 Å². The highest BCUT2D eigenvalue weighted by atomic mass is 35.5. The summed E-state index contributed by atoms with van der Waals surface area (Å²) in [6.45, 7) is 6.09. The van der Waals surface area contributed by atoms with E-state index < -0.39 is 102 Å². The van der Waals surface area contributed by atoms with Crippen LogP contribution < -0.4 is 14.2 Å². The molecule has 0 spiro atoms. The molecular formula is C68H62Cl3F3N16O12S7. The van der Waals surface area contributed by atoms with Crippen LogP contribution in [0.1, 0.15) is 96.3 Å². The van der Waals surface area contributed by atoms with Crippen molar-refractivity contribution in [2.24, 2.45) is 27.0 Å². The maximum atomic E-state index is 13.8. The van der Waals surface area contributed by atoms with E-state index in [4.69, 9.17) is 64.0 Å². The first-order valence-electron chi connectivity index (χ1n) is 33.2. The van der Waals surface area contributed by atoms with E-state index in [1.165, 1.54) is 99.9 Å². The molecule has 0 unspecified atom stereocenters. The van der Waals surface area contributed by atoms with Crippen molar-refractivity contribution in [3.05, 3.63) is 224 Å². The maximum absolute atomic E-state index is 13.8. The summed E-state index contributed by atoms with van der Waals surface area (Å²) in [7, 11) is -9.94. The Hall–Kier alpha value is -8.77.